The quantitative estimate of drug-likeness (QED) is 0.592. The van der Waals surface area contributed by atoms with Crippen molar-refractivity contribution in [2.75, 3.05) is 18.9 Å². The Morgan fingerprint density at radius 2 is 2.19 bits per heavy atom. The van der Waals surface area contributed by atoms with E-state index >= 15 is 0 Å². The molecule has 112 valence electrons. The van der Waals surface area contributed by atoms with Crippen LogP contribution in [-0.4, -0.2) is 39.6 Å². The normalized spacial score (nSPS) is 10.3. The monoisotopic (exact) mass is 306 g/mol. The van der Waals surface area contributed by atoms with Gasteiger partial charge in [-0.3, -0.25) is 4.79 Å². The molecule has 0 radical (unpaired) electrons. The Morgan fingerprint density at radius 3 is 2.95 bits per heavy atom. The van der Waals surface area contributed by atoms with Crippen molar-refractivity contribution in [2.24, 2.45) is 0 Å². The minimum Gasteiger partial charge on any atom is -0.492 e. The van der Waals surface area contributed by atoms with E-state index in [1.54, 1.807) is 6.33 Å². The van der Waals surface area contributed by atoms with Crippen LogP contribution < -0.4 is 10.1 Å². The Hall–Kier alpha value is -2.02. The van der Waals surface area contributed by atoms with Crippen LogP contribution >= 0.6 is 11.8 Å². The molecular formula is C14H18N4O2S. The van der Waals surface area contributed by atoms with Gasteiger partial charge in [0.25, 0.3) is 0 Å². The lowest BCUT2D eigenvalue weighted by molar-refractivity contribution is -0.118. The summed E-state index contributed by atoms with van der Waals surface area (Å²) in [5.41, 5.74) is 0. The van der Waals surface area contributed by atoms with E-state index in [2.05, 4.69) is 15.5 Å². The van der Waals surface area contributed by atoms with Crippen molar-refractivity contribution in [1.29, 1.82) is 0 Å². The summed E-state index contributed by atoms with van der Waals surface area (Å²) in [7, 11) is 0. The standard InChI is InChI=1S/C14H18N4O2S/c1-2-18-11-16-17-14(18)21-10-13(19)15-8-9-20-12-6-4-3-5-7-12/h3-7,11H,2,8-10H2,1H3,(H,15,19). The van der Waals surface area contributed by atoms with Crippen molar-refractivity contribution < 1.29 is 9.53 Å². The van der Waals surface area contributed by atoms with Crippen LogP contribution in [0.1, 0.15) is 6.92 Å². The zero-order valence-electron chi connectivity index (χ0n) is 11.9. The summed E-state index contributed by atoms with van der Waals surface area (Å²) in [5, 5.41) is 11.4. The highest BCUT2D eigenvalue weighted by Gasteiger charge is 2.07. The highest BCUT2D eigenvalue weighted by atomic mass is 32.2. The highest BCUT2D eigenvalue weighted by Crippen LogP contribution is 2.13. The third-order valence-electron chi connectivity index (χ3n) is 2.69. The van der Waals surface area contributed by atoms with Gasteiger partial charge in [-0.15, -0.1) is 10.2 Å². The Kier molecular flexibility index (Phi) is 6.08. The summed E-state index contributed by atoms with van der Waals surface area (Å²) in [6.45, 7) is 3.73. The second kappa shape index (κ2) is 8.31. The maximum Gasteiger partial charge on any atom is 0.230 e. The van der Waals surface area contributed by atoms with Crippen LogP contribution in [0.2, 0.25) is 0 Å². The van der Waals surface area contributed by atoms with Crippen LogP contribution in [0.3, 0.4) is 0 Å². The van der Waals surface area contributed by atoms with E-state index in [0.29, 0.717) is 18.9 Å². The van der Waals surface area contributed by atoms with Crippen LogP contribution in [0.25, 0.3) is 0 Å². The molecule has 7 heteroatoms. The first-order valence-electron chi connectivity index (χ1n) is 6.74. The lowest BCUT2D eigenvalue weighted by Gasteiger charge is -2.07. The van der Waals surface area contributed by atoms with E-state index in [9.17, 15) is 4.79 Å². The number of nitrogens with zero attached hydrogens (tertiary/aromatic N) is 3. The van der Waals surface area contributed by atoms with Crippen LogP contribution in [0.15, 0.2) is 41.8 Å². The van der Waals surface area contributed by atoms with Gasteiger partial charge in [0.15, 0.2) is 5.16 Å². The minimum absolute atomic E-state index is 0.0395. The van der Waals surface area contributed by atoms with Gasteiger partial charge >= 0.3 is 0 Å². The summed E-state index contributed by atoms with van der Waals surface area (Å²) >= 11 is 1.38. The van der Waals surface area contributed by atoms with Crippen LogP contribution in [0.5, 0.6) is 5.75 Å². The third-order valence-corrected chi connectivity index (χ3v) is 3.67. The first-order valence-corrected chi connectivity index (χ1v) is 7.73. The van der Waals surface area contributed by atoms with Crippen LogP contribution in [0, 0.1) is 0 Å². The molecule has 1 heterocycles. The molecule has 1 aromatic carbocycles. The molecule has 2 rings (SSSR count). The molecule has 0 unspecified atom stereocenters. The second-order valence-corrected chi connectivity index (χ2v) is 5.14. The summed E-state index contributed by atoms with van der Waals surface area (Å²) in [4.78, 5) is 11.7. The van der Waals surface area contributed by atoms with E-state index in [0.717, 1.165) is 17.5 Å². The van der Waals surface area contributed by atoms with E-state index in [1.165, 1.54) is 11.8 Å². The number of hydrogen-bond donors (Lipinski definition) is 1. The fourth-order valence-corrected chi connectivity index (χ4v) is 2.44. The van der Waals surface area contributed by atoms with Crippen molar-refractivity contribution in [2.45, 2.75) is 18.6 Å². The second-order valence-electron chi connectivity index (χ2n) is 4.20. The third kappa shape index (κ3) is 5.11. The number of amides is 1. The molecule has 6 nitrogen and oxygen atoms in total. The molecule has 0 aliphatic heterocycles. The molecule has 1 N–H and O–H groups in total. The molecule has 0 aliphatic carbocycles. The molecule has 0 aliphatic rings. The fourth-order valence-electron chi connectivity index (χ4n) is 1.63. The summed E-state index contributed by atoms with van der Waals surface area (Å²) in [5.74, 6) is 1.09. The summed E-state index contributed by atoms with van der Waals surface area (Å²) in [6.07, 6.45) is 1.66. The number of hydrogen-bond acceptors (Lipinski definition) is 5. The lowest BCUT2D eigenvalue weighted by Crippen LogP contribution is -2.29. The van der Waals surface area contributed by atoms with E-state index < -0.39 is 0 Å². The van der Waals surface area contributed by atoms with Gasteiger partial charge < -0.3 is 14.6 Å². The van der Waals surface area contributed by atoms with E-state index in [-0.39, 0.29) is 5.91 Å². The highest BCUT2D eigenvalue weighted by molar-refractivity contribution is 7.99. The van der Waals surface area contributed by atoms with Gasteiger partial charge in [-0.2, -0.15) is 0 Å². The molecular weight excluding hydrogens is 288 g/mol. The smallest absolute Gasteiger partial charge is 0.230 e. The van der Waals surface area contributed by atoms with Gasteiger partial charge in [0, 0.05) is 6.54 Å². The summed E-state index contributed by atoms with van der Waals surface area (Å²) in [6, 6.07) is 9.52. The van der Waals surface area contributed by atoms with Crippen LogP contribution in [-0.2, 0) is 11.3 Å². The van der Waals surface area contributed by atoms with Crippen molar-refractivity contribution in [3.8, 4) is 5.75 Å². The molecule has 1 amide bonds. The van der Waals surface area contributed by atoms with Gasteiger partial charge in [0.2, 0.25) is 5.91 Å². The average Bonchev–Trinajstić information content (AvgIpc) is 2.98. The Labute approximate surface area is 127 Å². The maximum atomic E-state index is 11.7. The topological polar surface area (TPSA) is 69.0 Å². The van der Waals surface area contributed by atoms with Gasteiger partial charge in [-0.25, -0.2) is 0 Å². The Bertz CT molecular complexity index is 559. The number of nitrogens with one attached hydrogen (secondary N) is 1. The predicted octanol–water partition coefficient (Wildman–Crippen LogP) is 1.59. The number of aromatic nitrogens is 3. The van der Waals surface area contributed by atoms with Crippen molar-refractivity contribution in [1.82, 2.24) is 20.1 Å². The van der Waals surface area contributed by atoms with Gasteiger partial charge in [-0.1, -0.05) is 30.0 Å². The fraction of sp³-hybridized carbons (Fsp3) is 0.357. The van der Waals surface area contributed by atoms with Gasteiger partial charge in [0.1, 0.15) is 18.7 Å². The first kappa shape index (κ1) is 15.4. The van der Waals surface area contributed by atoms with Gasteiger partial charge in [0.05, 0.1) is 12.3 Å². The maximum absolute atomic E-state index is 11.7. The lowest BCUT2D eigenvalue weighted by atomic mass is 10.3. The predicted molar refractivity (Wildman–Crippen MR) is 81.4 cm³/mol. The summed E-state index contributed by atoms with van der Waals surface area (Å²) < 4.78 is 7.39. The number of carbonyl (C=O) groups excluding carboxylic acids is 1. The van der Waals surface area contributed by atoms with Crippen molar-refractivity contribution in [3.63, 3.8) is 0 Å². The number of thioether (sulfide) groups is 1. The molecule has 0 bridgehead atoms. The SMILES string of the molecule is CCn1cnnc1SCC(=O)NCCOc1ccccc1. The molecule has 1 aromatic heterocycles. The average molecular weight is 306 g/mol. The first-order chi connectivity index (χ1) is 10.3. The largest absolute Gasteiger partial charge is 0.492 e. The molecule has 0 fully saturated rings. The van der Waals surface area contributed by atoms with E-state index in [1.807, 2.05) is 41.8 Å². The van der Waals surface area contributed by atoms with E-state index in [4.69, 9.17) is 4.74 Å². The number of para-hydroxylation sites is 1. The molecule has 0 atom stereocenters. The number of benzene rings is 1. The van der Waals surface area contributed by atoms with Gasteiger partial charge in [-0.05, 0) is 19.1 Å². The number of aryl methyl sites for hydroxylation is 1. The van der Waals surface area contributed by atoms with Crippen molar-refractivity contribution in [3.05, 3.63) is 36.7 Å². The number of ether oxygens (including phenoxy) is 1. The number of carbonyl (C=O) groups is 1. The zero-order valence-corrected chi connectivity index (χ0v) is 12.7. The zero-order chi connectivity index (χ0) is 14.9. The molecule has 2 aromatic rings. The Balaban J connectivity index is 1.62. The number of rotatable bonds is 8. The molecule has 0 spiro atoms. The minimum atomic E-state index is -0.0395. The molecule has 0 saturated carbocycles. The van der Waals surface area contributed by atoms with Crippen LogP contribution in [0.4, 0.5) is 0 Å². The van der Waals surface area contributed by atoms with Crippen molar-refractivity contribution >= 4 is 17.7 Å². The Morgan fingerprint density at radius 1 is 1.38 bits per heavy atom. The molecule has 0 saturated heterocycles. The molecule has 21 heavy (non-hydrogen) atoms.